The van der Waals surface area contributed by atoms with Crippen molar-refractivity contribution in [2.75, 3.05) is 13.2 Å². The summed E-state index contributed by atoms with van der Waals surface area (Å²) in [6.45, 7) is 3.33. The van der Waals surface area contributed by atoms with Gasteiger partial charge in [0.15, 0.2) is 0 Å². The van der Waals surface area contributed by atoms with Gasteiger partial charge in [0.1, 0.15) is 12.4 Å². The Kier molecular flexibility index (Phi) is 4.95. The lowest BCUT2D eigenvalue weighted by Crippen LogP contribution is -2.03. The molecule has 0 spiro atoms. The van der Waals surface area contributed by atoms with Crippen molar-refractivity contribution in [2.45, 2.75) is 13.5 Å². The highest BCUT2D eigenvalue weighted by Crippen LogP contribution is 2.34. The quantitative estimate of drug-likeness (QED) is 0.525. The van der Waals surface area contributed by atoms with Gasteiger partial charge in [0.05, 0.1) is 12.3 Å². The van der Waals surface area contributed by atoms with E-state index in [2.05, 4.69) is 78.2 Å². The van der Waals surface area contributed by atoms with E-state index >= 15 is 0 Å². The van der Waals surface area contributed by atoms with Gasteiger partial charge in [-0.15, -0.1) is 0 Å². The Labute approximate surface area is 159 Å². The molecule has 1 heterocycles. The Morgan fingerprint density at radius 3 is 2.30 bits per heavy atom. The molecular weight excluding hydrogens is 334 g/mol. The zero-order valence-electron chi connectivity index (χ0n) is 15.4. The van der Waals surface area contributed by atoms with Gasteiger partial charge in [-0.1, -0.05) is 60.7 Å². The second-order valence-electron chi connectivity index (χ2n) is 6.66. The minimum Gasteiger partial charge on any atom is -0.491 e. The predicted molar refractivity (Wildman–Crippen MR) is 110 cm³/mol. The maximum Gasteiger partial charge on any atom is 0.119 e. The van der Waals surface area contributed by atoms with Crippen LogP contribution in [0.4, 0.5) is 0 Å². The molecule has 0 aliphatic heterocycles. The molecule has 0 unspecified atom stereocenters. The number of aliphatic hydroxyl groups is 1. The van der Waals surface area contributed by atoms with Gasteiger partial charge in [-0.25, -0.2) is 0 Å². The molecule has 4 rings (SSSR count). The van der Waals surface area contributed by atoms with Gasteiger partial charge in [0.2, 0.25) is 0 Å². The number of hydrogen-bond acceptors (Lipinski definition) is 2. The molecule has 0 saturated heterocycles. The molecule has 0 aliphatic carbocycles. The number of benzene rings is 3. The van der Waals surface area contributed by atoms with Crippen molar-refractivity contribution in [3.05, 3.63) is 90.0 Å². The second kappa shape index (κ2) is 7.68. The van der Waals surface area contributed by atoms with E-state index in [1.807, 2.05) is 12.1 Å². The van der Waals surface area contributed by atoms with Crippen LogP contribution in [0.25, 0.3) is 22.2 Å². The van der Waals surface area contributed by atoms with Crippen molar-refractivity contribution in [1.29, 1.82) is 0 Å². The molecule has 3 heteroatoms. The highest BCUT2D eigenvalue weighted by Gasteiger charge is 2.15. The molecule has 3 aromatic carbocycles. The summed E-state index contributed by atoms with van der Waals surface area (Å²) in [5, 5.41) is 10.2. The predicted octanol–water partition coefficient (Wildman–Crippen LogP) is 5.04. The van der Waals surface area contributed by atoms with Gasteiger partial charge in [0.25, 0.3) is 0 Å². The van der Waals surface area contributed by atoms with Crippen molar-refractivity contribution < 1.29 is 9.84 Å². The first-order chi connectivity index (χ1) is 13.3. The van der Waals surface area contributed by atoms with E-state index in [1.54, 1.807) is 0 Å². The van der Waals surface area contributed by atoms with E-state index in [9.17, 15) is 0 Å². The standard InChI is InChI=1S/C24H23NO2/c1-18-22-9-5-6-10-23(22)25(24(18)20-7-3-2-4-8-20)17-19-11-13-21(14-12-19)27-16-15-26/h2-14,26H,15-17H2,1H3. The Balaban J connectivity index is 1.77. The molecule has 0 fully saturated rings. The molecule has 136 valence electrons. The van der Waals surface area contributed by atoms with Crippen LogP contribution in [0.3, 0.4) is 0 Å². The molecule has 1 aromatic heterocycles. The number of aryl methyl sites for hydroxylation is 1. The SMILES string of the molecule is Cc1c(-c2ccccc2)n(Cc2ccc(OCCO)cc2)c2ccccc12. The van der Waals surface area contributed by atoms with Crippen molar-refractivity contribution in [3.8, 4) is 17.0 Å². The van der Waals surface area contributed by atoms with Crippen molar-refractivity contribution in [1.82, 2.24) is 4.57 Å². The van der Waals surface area contributed by atoms with Crippen LogP contribution in [0, 0.1) is 6.92 Å². The number of nitrogens with zero attached hydrogens (tertiary/aromatic N) is 1. The molecule has 0 saturated carbocycles. The molecule has 0 radical (unpaired) electrons. The Hall–Kier alpha value is -3.04. The third-order valence-corrected chi connectivity index (χ3v) is 4.90. The first kappa shape index (κ1) is 17.4. The van der Waals surface area contributed by atoms with E-state index < -0.39 is 0 Å². The van der Waals surface area contributed by atoms with Crippen LogP contribution in [0.1, 0.15) is 11.1 Å². The Morgan fingerprint density at radius 1 is 0.852 bits per heavy atom. The van der Waals surface area contributed by atoms with Crippen LogP contribution in [-0.2, 0) is 6.54 Å². The van der Waals surface area contributed by atoms with Gasteiger partial charge in [0, 0.05) is 17.4 Å². The maximum atomic E-state index is 8.89. The number of aromatic nitrogens is 1. The number of fused-ring (bicyclic) bond motifs is 1. The van der Waals surface area contributed by atoms with Crippen LogP contribution in [-0.4, -0.2) is 22.9 Å². The highest BCUT2D eigenvalue weighted by atomic mass is 16.5. The highest BCUT2D eigenvalue weighted by molar-refractivity contribution is 5.91. The zero-order chi connectivity index (χ0) is 18.6. The van der Waals surface area contributed by atoms with Gasteiger partial charge < -0.3 is 14.4 Å². The largest absolute Gasteiger partial charge is 0.491 e. The minimum absolute atomic E-state index is 0.0246. The molecule has 27 heavy (non-hydrogen) atoms. The first-order valence-electron chi connectivity index (χ1n) is 9.24. The third-order valence-electron chi connectivity index (χ3n) is 4.90. The fourth-order valence-corrected chi connectivity index (χ4v) is 3.65. The molecule has 0 amide bonds. The molecule has 0 aliphatic rings. The van der Waals surface area contributed by atoms with E-state index in [1.165, 1.54) is 33.3 Å². The summed E-state index contributed by atoms with van der Waals surface area (Å²) in [6.07, 6.45) is 0. The summed E-state index contributed by atoms with van der Waals surface area (Å²) in [7, 11) is 0. The van der Waals surface area contributed by atoms with Crippen molar-refractivity contribution >= 4 is 10.9 Å². The molecule has 4 aromatic rings. The number of aliphatic hydroxyl groups excluding tert-OH is 1. The summed E-state index contributed by atoms with van der Waals surface area (Å²) >= 11 is 0. The van der Waals surface area contributed by atoms with Gasteiger partial charge >= 0.3 is 0 Å². The third kappa shape index (κ3) is 3.46. The lowest BCUT2D eigenvalue weighted by Gasteiger charge is -2.13. The molecule has 0 atom stereocenters. The van der Waals surface area contributed by atoms with Crippen molar-refractivity contribution in [2.24, 2.45) is 0 Å². The summed E-state index contributed by atoms with van der Waals surface area (Å²) in [4.78, 5) is 0. The average molecular weight is 357 g/mol. The maximum absolute atomic E-state index is 8.89. The molecule has 3 nitrogen and oxygen atoms in total. The van der Waals surface area contributed by atoms with E-state index in [0.29, 0.717) is 6.61 Å². The zero-order valence-corrected chi connectivity index (χ0v) is 15.4. The smallest absolute Gasteiger partial charge is 0.119 e. The lowest BCUT2D eigenvalue weighted by molar-refractivity contribution is 0.201. The van der Waals surface area contributed by atoms with Crippen LogP contribution >= 0.6 is 0 Å². The number of ether oxygens (including phenoxy) is 1. The average Bonchev–Trinajstić information content (AvgIpc) is 3.00. The van der Waals surface area contributed by atoms with Crippen LogP contribution in [0.15, 0.2) is 78.9 Å². The number of rotatable bonds is 6. The normalized spacial score (nSPS) is 11.0. The monoisotopic (exact) mass is 357 g/mol. The summed E-state index contributed by atoms with van der Waals surface area (Å²) < 4.78 is 7.86. The van der Waals surface area contributed by atoms with E-state index in [4.69, 9.17) is 9.84 Å². The summed E-state index contributed by atoms with van der Waals surface area (Å²) in [5.41, 5.74) is 6.25. The Morgan fingerprint density at radius 2 is 1.56 bits per heavy atom. The lowest BCUT2D eigenvalue weighted by atomic mass is 10.1. The van der Waals surface area contributed by atoms with Gasteiger partial charge in [-0.2, -0.15) is 0 Å². The second-order valence-corrected chi connectivity index (χ2v) is 6.66. The van der Waals surface area contributed by atoms with Crippen LogP contribution in [0.2, 0.25) is 0 Å². The van der Waals surface area contributed by atoms with Crippen LogP contribution in [0.5, 0.6) is 5.75 Å². The first-order valence-corrected chi connectivity index (χ1v) is 9.24. The fraction of sp³-hybridized carbons (Fsp3) is 0.167. The van der Waals surface area contributed by atoms with Gasteiger partial charge in [-0.05, 0) is 41.8 Å². The summed E-state index contributed by atoms with van der Waals surface area (Å²) in [5.74, 6) is 0.782. The summed E-state index contributed by atoms with van der Waals surface area (Å²) in [6, 6.07) is 27.3. The number of hydrogen-bond donors (Lipinski definition) is 1. The topological polar surface area (TPSA) is 34.4 Å². The number of para-hydroxylation sites is 1. The minimum atomic E-state index is 0.0246. The van der Waals surface area contributed by atoms with E-state index in [-0.39, 0.29) is 6.61 Å². The van der Waals surface area contributed by atoms with Crippen molar-refractivity contribution in [3.63, 3.8) is 0 Å². The van der Waals surface area contributed by atoms with E-state index in [0.717, 1.165) is 12.3 Å². The molecule has 0 bridgehead atoms. The fourth-order valence-electron chi connectivity index (χ4n) is 3.65. The molecule has 1 N–H and O–H groups in total. The Bertz CT molecular complexity index is 1030. The molecular formula is C24H23NO2. The van der Waals surface area contributed by atoms with Gasteiger partial charge in [-0.3, -0.25) is 0 Å². The van der Waals surface area contributed by atoms with Crippen LogP contribution < -0.4 is 4.74 Å².